The van der Waals surface area contributed by atoms with Gasteiger partial charge in [-0.15, -0.1) is 0 Å². The predicted molar refractivity (Wildman–Crippen MR) is 84.9 cm³/mol. The minimum Gasteiger partial charge on any atom is -0.390 e. The van der Waals surface area contributed by atoms with Crippen LogP contribution in [0.4, 0.5) is 0 Å². The zero-order valence-corrected chi connectivity index (χ0v) is 12.9. The maximum atomic E-state index is 12.5. The van der Waals surface area contributed by atoms with Crippen molar-refractivity contribution >= 4 is 17.1 Å². The summed E-state index contributed by atoms with van der Waals surface area (Å²) in [5, 5.41) is 9.71. The Kier molecular flexibility index (Phi) is 3.54. The van der Waals surface area contributed by atoms with E-state index in [0.29, 0.717) is 18.2 Å². The van der Waals surface area contributed by atoms with Crippen molar-refractivity contribution in [2.24, 2.45) is 5.73 Å². The highest BCUT2D eigenvalue weighted by molar-refractivity contribution is 5.96. The summed E-state index contributed by atoms with van der Waals surface area (Å²) in [5.74, 6) is -0.151. The van der Waals surface area contributed by atoms with Crippen LogP contribution in [0.1, 0.15) is 42.1 Å². The number of amides is 1. The molecule has 3 N–H and O–H groups in total. The van der Waals surface area contributed by atoms with Crippen molar-refractivity contribution < 1.29 is 9.90 Å². The molecule has 2 atom stereocenters. The zero-order chi connectivity index (χ0) is 16.0. The van der Waals surface area contributed by atoms with Gasteiger partial charge in [0, 0.05) is 31.4 Å². The van der Waals surface area contributed by atoms with Gasteiger partial charge >= 0.3 is 0 Å². The summed E-state index contributed by atoms with van der Waals surface area (Å²) in [5.41, 5.74) is 7.85. The normalized spacial score (nSPS) is 25.6. The smallest absolute Gasteiger partial charge is 0.255 e. The van der Waals surface area contributed by atoms with Gasteiger partial charge in [0.05, 0.1) is 18.0 Å². The SMILES string of the molecule is N[C@@H]1CN(C(=O)c2cnc3c(c2)ncn3C2CCCC2)C[C@H]1O. The summed E-state index contributed by atoms with van der Waals surface area (Å²) in [4.78, 5) is 23.0. The highest BCUT2D eigenvalue weighted by atomic mass is 16.3. The van der Waals surface area contributed by atoms with Gasteiger partial charge in [0.1, 0.15) is 5.52 Å². The quantitative estimate of drug-likeness (QED) is 0.850. The molecule has 0 radical (unpaired) electrons. The van der Waals surface area contributed by atoms with E-state index < -0.39 is 6.10 Å². The molecule has 7 heteroatoms. The van der Waals surface area contributed by atoms with E-state index in [4.69, 9.17) is 5.73 Å². The van der Waals surface area contributed by atoms with Crippen LogP contribution in [0.5, 0.6) is 0 Å². The number of fused-ring (bicyclic) bond motifs is 1. The summed E-state index contributed by atoms with van der Waals surface area (Å²) in [6.45, 7) is 0.642. The van der Waals surface area contributed by atoms with Gasteiger partial charge in [-0.3, -0.25) is 4.79 Å². The third-order valence-electron chi connectivity index (χ3n) is 5.00. The van der Waals surface area contributed by atoms with E-state index in [0.717, 1.165) is 24.0 Å². The highest BCUT2D eigenvalue weighted by Gasteiger charge is 2.32. The molecule has 1 saturated heterocycles. The van der Waals surface area contributed by atoms with Gasteiger partial charge < -0.3 is 20.3 Å². The Morgan fingerprint density at radius 2 is 2.04 bits per heavy atom. The maximum absolute atomic E-state index is 12.5. The summed E-state index contributed by atoms with van der Waals surface area (Å²) in [6, 6.07) is 1.88. The Morgan fingerprint density at radius 3 is 2.74 bits per heavy atom. The van der Waals surface area contributed by atoms with Gasteiger partial charge in [0.2, 0.25) is 0 Å². The number of β-amino-alcohol motifs (C(OH)–C–C–N with tert-alkyl or cyclic N) is 1. The molecule has 0 unspecified atom stereocenters. The van der Waals surface area contributed by atoms with Crippen LogP contribution in [0, 0.1) is 0 Å². The van der Waals surface area contributed by atoms with Gasteiger partial charge in [-0.25, -0.2) is 9.97 Å². The fraction of sp³-hybridized carbons (Fsp3) is 0.562. The molecule has 2 aliphatic rings. The van der Waals surface area contributed by atoms with Crippen molar-refractivity contribution in [1.82, 2.24) is 19.4 Å². The number of pyridine rings is 1. The number of aliphatic hydroxyl groups excluding tert-OH is 1. The van der Waals surface area contributed by atoms with E-state index in [1.807, 2.05) is 6.33 Å². The summed E-state index contributed by atoms with van der Waals surface area (Å²) in [6.07, 6.45) is 7.61. The zero-order valence-electron chi connectivity index (χ0n) is 12.9. The van der Waals surface area contributed by atoms with E-state index in [1.165, 1.54) is 12.8 Å². The van der Waals surface area contributed by atoms with Crippen molar-refractivity contribution in [1.29, 1.82) is 0 Å². The van der Waals surface area contributed by atoms with Crippen molar-refractivity contribution in [2.75, 3.05) is 13.1 Å². The summed E-state index contributed by atoms with van der Waals surface area (Å²) < 4.78 is 2.13. The molecular formula is C16H21N5O2. The number of nitrogens with zero attached hydrogens (tertiary/aromatic N) is 4. The first kappa shape index (κ1) is 14.6. The number of rotatable bonds is 2. The molecule has 4 rings (SSSR count). The average Bonchev–Trinajstić information content (AvgIpc) is 3.26. The fourth-order valence-electron chi connectivity index (χ4n) is 3.65. The molecule has 1 saturated carbocycles. The number of likely N-dealkylation sites (tertiary alicyclic amines) is 1. The second-order valence-corrected chi connectivity index (χ2v) is 6.60. The Bertz CT molecular complexity index is 727. The molecule has 2 aromatic rings. The highest BCUT2D eigenvalue weighted by Crippen LogP contribution is 2.31. The Labute approximate surface area is 134 Å². The average molecular weight is 315 g/mol. The van der Waals surface area contributed by atoms with E-state index in [9.17, 15) is 9.90 Å². The Morgan fingerprint density at radius 1 is 1.26 bits per heavy atom. The molecule has 23 heavy (non-hydrogen) atoms. The van der Waals surface area contributed by atoms with Crippen LogP contribution in [0.2, 0.25) is 0 Å². The van der Waals surface area contributed by atoms with Crippen LogP contribution in [0.3, 0.4) is 0 Å². The molecule has 1 aliphatic heterocycles. The lowest BCUT2D eigenvalue weighted by Crippen LogP contribution is -2.33. The molecule has 1 aliphatic carbocycles. The third kappa shape index (κ3) is 2.49. The second-order valence-electron chi connectivity index (χ2n) is 6.60. The van der Waals surface area contributed by atoms with E-state index >= 15 is 0 Å². The standard InChI is InChI=1S/C16H21N5O2/c17-12-7-20(8-14(12)22)16(23)10-5-13-15(18-6-10)21(9-19-13)11-3-1-2-4-11/h5-6,9,11-12,14,22H,1-4,7-8,17H2/t12-,14-/m1/s1. The van der Waals surface area contributed by atoms with Crippen LogP contribution in [-0.2, 0) is 0 Å². The van der Waals surface area contributed by atoms with Gasteiger partial charge in [-0.05, 0) is 18.9 Å². The molecule has 7 nitrogen and oxygen atoms in total. The first-order valence-electron chi connectivity index (χ1n) is 8.19. The fourth-order valence-corrected chi connectivity index (χ4v) is 3.65. The van der Waals surface area contributed by atoms with Crippen LogP contribution in [-0.4, -0.2) is 55.7 Å². The van der Waals surface area contributed by atoms with E-state index in [-0.39, 0.29) is 18.5 Å². The first-order chi connectivity index (χ1) is 11.1. The van der Waals surface area contributed by atoms with Crippen molar-refractivity contribution in [3.8, 4) is 0 Å². The Hall–Kier alpha value is -1.99. The Balaban J connectivity index is 1.61. The molecule has 0 aromatic carbocycles. The minimum atomic E-state index is -0.655. The molecule has 3 heterocycles. The number of carbonyl (C=O) groups excluding carboxylic acids is 1. The third-order valence-corrected chi connectivity index (χ3v) is 5.00. The number of hydrogen-bond donors (Lipinski definition) is 2. The maximum Gasteiger partial charge on any atom is 0.255 e. The van der Waals surface area contributed by atoms with Crippen molar-refractivity contribution in [2.45, 2.75) is 43.9 Å². The van der Waals surface area contributed by atoms with Crippen molar-refractivity contribution in [3.63, 3.8) is 0 Å². The topological polar surface area (TPSA) is 97.3 Å². The molecular weight excluding hydrogens is 294 g/mol. The van der Waals surface area contributed by atoms with Gasteiger partial charge in [-0.2, -0.15) is 0 Å². The molecule has 2 aromatic heterocycles. The lowest BCUT2D eigenvalue weighted by molar-refractivity contribution is 0.0764. The van der Waals surface area contributed by atoms with Crippen molar-refractivity contribution in [3.05, 3.63) is 24.2 Å². The van der Waals surface area contributed by atoms with E-state index in [1.54, 1.807) is 17.2 Å². The molecule has 1 amide bonds. The monoisotopic (exact) mass is 315 g/mol. The van der Waals surface area contributed by atoms with Crippen LogP contribution >= 0.6 is 0 Å². The lowest BCUT2D eigenvalue weighted by Gasteiger charge is -2.15. The molecule has 122 valence electrons. The summed E-state index contributed by atoms with van der Waals surface area (Å²) >= 11 is 0. The van der Waals surface area contributed by atoms with Crippen LogP contribution in [0.25, 0.3) is 11.2 Å². The second kappa shape index (κ2) is 5.58. The number of aliphatic hydroxyl groups is 1. The van der Waals surface area contributed by atoms with E-state index in [2.05, 4.69) is 14.5 Å². The lowest BCUT2D eigenvalue weighted by atomic mass is 10.2. The summed E-state index contributed by atoms with van der Waals surface area (Å²) in [7, 11) is 0. The number of nitrogens with two attached hydrogens (primary N) is 1. The molecule has 2 fully saturated rings. The number of carbonyl (C=O) groups is 1. The molecule has 0 spiro atoms. The number of hydrogen-bond acceptors (Lipinski definition) is 5. The first-order valence-corrected chi connectivity index (χ1v) is 8.19. The minimum absolute atomic E-state index is 0.151. The van der Waals surface area contributed by atoms with Crippen LogP contribution in [0.15, 0.2) is 18.6 Å². The number of imidazole rings is 1. The number of aromatic nitrogens is 3. The largest absolute Gasteiger partial charge is 0.390 e. The van der Waals surface area contributed by atoms with Gasteiger partial charge in [0.25, 0.3) is 5.91 Å². The van der Waals surface area contributed by atoms with Gasteiger partial charge in [0.15, 0.2) is 5.65 Å². The predicted octanol–water partition coefficient (Wildman–Crippen LogP) is 0.690. The van der Waals surface area contributed by atoms with Gasteiger partial charge in [-0.1, -0.05) is 12.8 Å². The van der Waals surface area contributed by atoms with Crippen LogP contribution < -0.4 is 5.73 Å². The molecule has 0 bridgehead atoms.